The van der Waals surface area contributed by atoms with Crippen LogP contribution in [-0.2, 0) is 0 Å². The number of pyridine rings is 1. The van der Waals surface area contributed by atoms with Crippen LogP contribution in [0.5, 0.6) is 0 Å². The van der Waals surface area contributed by atoms with E-state index >= 15 is 0 Å². The van der Waals surface area contributed by atoms with E-state index in [4.69, 9.17) is 0 Å². The fourth-order valence-corrected chi connectivity index (χ4v) is 2.09. The van der Waals surface area contributed by atoms with Crippen molar-refractivity contribution < 1.29 is 4.92 Å². The zero-order valence-electron chi connectivity index (χ0n) is 11.0. The fourth-order valence-electron chi connectivity index (χ4n) is 2.09. The van der Waals surface area contributed by atoms with Gasteiger partial charge in [0, 0.05) is 19.2 Å². The van der Waals surface area contributed by atoms with E-state index in [9.17, 15) is 10.1 Å². The van der Waals surface area contributed by atoms with Crippen molar-refractivity contribution in [1.82, 2.24) is 10.3 Å². The molecule has 0 amide bonds. The predicted octanol–water partition coefficient (Wildman–Crippen LogP) is 2.02. The first-order chi connectivity index (χ1) is 9.16. The van der Waals surface area contributed by atoms with Gasteiger partial charge in [-0.3, -0.25) is 10.1 Å². The molecule has 1 aromatic rings. The van der Waals surface area contributed by atoms with Crippen LogP contribution in [0.25, 0.3) is 0 Å². The Morgan fingerprint density at radius 2 is 2.37 bits per heavy atom. The second kappa shape index (κ2) is 6.29. The lowest BCUT2D eigenvalue weighted by atomic mass is 10.1. The minimum Gasteiger partial charge on any atom is -0.370 e. The molecule has 1 aliphatic rings. The Morgan fingerprint density at radius 3 is 3.00 bits per heavy atom. The van der Waals surface area contributed by atoms with E-state index in [1.165, 1.54) is 11.6 Å². The van der Waals surface area contributed by atoms with Crippen LogP contribution in [0.15, 0.2) is 23.8 Å². The number of nitro groups is 1. The molecule has 0 aromatic carbocycles. The summed E-state index contributed by atoms with van der Waals surface area (Å²) in [7, 11) is 0. The molecule has 1 aromatic heterocycles. The van der Waals surface area contributed by atoms with Crippen LogP contribution < -0.4 is 10.6 Å². The van der Waals surface area contributed by atoms with Gasteiger partial charge in [0.1, 0.15) is 11.5 Å². The number of nitrogens with zero attached hydrogens (tertiary/aromatic N) is 2. The van der Waals surface area contributed by atoms with Gasteiger partial charge in [-0.05, 0) is 32.4 Å². The van der Waals surface area contributed by atoms with Crippen LogP contribution in [0, 0.1) is 17.0 Å². The molecular weight excluding hydrogens is 244 g/mol. The number of aryl methyl sites for hydroxylation is 1. The third-order valence-corrected chi connectivity index (χ3v) is 3.16. The van der Waals surface area contributed by atoms with Crippen molar-refractivity contribution in [2.45, 2.75) is 19.8 Å². The molecule has 0 aliphatic carbocycles. The molecule has 19 heavy (non-hydrogen) atoms. The van der Waals surface area contributed by atoms with Crippen molar-refractivity contribution in [2.75, 3.05) is 25.0 Å². The van der Waals surface area contributed by atoms with E-state index in [1.807, 2.05) is 0 Å². The molecular formula is C13H18N4O2. The van der Waals surface area contributed by atoms with Crippen molar-refractivity contribution >= 4 is 11.5 Å². The Balaban J connectivity index is 1.87. The average Bonchev–Trinajstić information content (AvgIpc) is 2.39. The predicted molar refractivity (Wildman–Crippen MR) is 74.3 cm³/mol. The average molecular weight is 262 g/mol. The number of anilines is 1. The Labute approximate surface area is 112 Å². The highest BCUT2D eigenvalue weighted by molar-refractivity contribution is 5.44. The third kappa shape index (κ3) is 3.75. The van der Waals surface area contributed by atoms with Crippen molar-refractivity contribution in [3.05, 3.63) is 39.6 Å². The SMILES string of the molecule is Cc1nc(NCCC2=CCNCC2)ccc1[N+](=O)[O-]. The quantitative estimate of drug-likeness (QED) is 0.482. The summed E-state index contributed by atoms with van der Waals surface area (Å²) in [5.41, 5.74) is 1.95. The second-order valence-electron chi connectivity index (χ2n) is 4.55. The summed E-state index contributed by atoms with van der Waals surface area (Å²) in [5, 5.41) is 17.2. The van der Waals surface area contributed by atoms with Gasteiger partial charge in [-0.25, -0.2) is 4.98 Å². The van der Waals surface area contributed by atoms with Gasteiger partial charge >= 0.3 is 0 Å². The first-order valence-corrected chi connectivity index (χ1v) is 6.41. The highest BCUT2D eigenvalue weighted by Gasteiger charge is 2.11. The summed E-state index contributed by atoms with van der Waals surface area (Å²) in [6.07, 6.45) is 4.30. The fraction of sp³-hybridized carbons (Fsp3) is 0.462. The van der Waals surface area contributed by atoms with Crippen LogP contribution in [0.1, 0.15) is 18.5 Å². The first-order valence-electron chi connectivity index (χ1n) is 6.41. The maximum absolute atomic E-state index is 10.7. The Hall–Kier alpha value is -1.95. The molecule has 2 N–H and O–H groups in total. The molecule has 2 rings (SSSR count). The smallest absolute Gasteiger partial charge is 0.290 e. The van der Waals surface area contributed by atoms with Crippen molar-refractivity contribution in [1.29, 1.82) is 0 Å². The lowest BCUT2D eigenvalue weighted by Crippen LogP contribution is -2.21. The van der Waals surface area contributed by atoms with Crippen LogP contribution in [-0.4, -0.2) is 29.5 Å². The van der Waals surface area contributed by atoms with E-state index < -0.39 is 4.92 Å². The number of nitrogens with one attached hydrogen (secondary N) is 2. The van der Waals surface area contributed by atoms with E-state index in [1.54, 1.807) is 13.0 Å². The Kier molecular flexibility index (Phi) is 4.46. The lowest BCUT2D eigenvalue weighted by molar-refractivity contribution is -0.385. The normalized spacial score (nSPS) is 14.9. The highest BCUT2D eigenvalue weighted by atomic mass is 16.6. The molecule has 6 nitrogen and oxygen atoms in total. The minimum atomic E-state index is -0.411. The van der Waals surface area contributed by atoms with E-state index in [2.05, 4.69) is 21.7 Å². The van der Waals surface area contributed by atoms with Gasteiger partial charge in [-0.15, -0.1) is 0 Å². The Morgan fingerprint density at radius 1 is 1.53 bits per heavy atom. The monoisotopic (exact) mass is 262 g/mol. The van der Waals surface area contributed by atoms with Crippen LogP contribution in [0.2, 0.25) is 0 Å². The molecule has 0 saturated carbocycles. The zero-order chi connectivity index (χ0) is 13.7. The largest absolute Gasteiger partial charge is 0.370 e. The first kappa shape index (κ1) is 13.5. The molecule has 0 radical (unpaired) electrons. The summed E-state index contributed by atoms with van der Waals surface area (Å²) >= 11 is 0. The van der Waals surface area contributed by atoms with E-state index in [-0.39, 0.29) is 5.69 Å². The van der Waals surface area contributed by atoms with Gasteiger partial charge in [0.2, 0.25) is 0 Å². The van der Waals surface area contributed by atoms with E-state index in [0.29, 0.717) is 11.5 Å². The summed E-state index contributed by atoms with van der Waals surface area (Å²) in [6, 6.07) is 3.15. The number of aromatic nitrogens is 1. The molecule has 0 spiro atoms. The van der Waals surface area contributed by atoms with Gasteiger partial charge in [0.25, 0.3) is 5.69 Å². The lowest BCUT2D eigenvalue weighted by Gasteiger charge is -2.14. The Bertz CT molecular complexity index is 499. The third-order valence-electron chi connectivity index (χ3n) is 3.16. The van der Waals surface area contributed by atoms with Crippen LogP contribution in [0.3, 0.4) is 0 Å². The molecule has 6 heteroatoms. The molecule has 0 bridgehead atoms. The summed E-state index contributed by atoms with van der Waals surface area (Å²) < 4.78 is 0. The number of hydrogen-bond donors (Lipinski definition) is 2. The van der Waals surface area contributed by atoms with Crippen LogP contribution >= 0.6 is 0 Å². The van der Waals surface area contributed by atoms with Gasteiger partial charge in [-0.2, -0.15) is 0 Å². The summed E-state index contributed by atoms with van der Waals surface area (Å²) in [4.78, 5) is 14.5. The van der Waals surface area contributed by atoms with Gasteiger partial charge < -0.3 is 10.6 Å². The molecule has 2 heterocycles. The second-order valence-corrected chi connectivity index (χ2v) is 4.55. The molecule has 102 valence electrons. The molecule has 0 fully saturated rings. The van der Waals surface area contributed by atoms with Crippen molar-refractivity contribution in [2.24, 2.45) is 0 Å². The highest BCUT2D eigenvalue weighted by Crippen LogP contribution is 2.18. The zero-order valence-corrected chi connectivity index (χ0v) is 11.0. The summed E-state index contributed by atoms with van der Waals surface area (Å²) in [5.74, 6) is 0.692. The number of hydrogen-bond acceptors (Lipinski definition) is 5. The molecule has 0 unspecified atom stereocenters. The van der Waals surface area contributed by atoms with Crippen LogP contribution in [0.4, 0.5) is 11.5 Å². The standard InChI is InChI=1S/C13H18N4O2/c1-10-12(17(18)19)2-3-13(16-10)15-9-6-11-4-7-14-8-5-11/h2-4,14H,5-9H2,1H3,(H,15,16). The maximum Gasteiger partial charge on any atom is 0.290 e. The molecule has 1 aliphatic heterocycles. The van der Waals surface area contributed by atoms with Crippen molar-refractivity contribution in [3.63, 3.8) is 0 Å². The van der Waals surface area contributed by atoms with Gasteiger partial charge in [-0.1, -0.05) is 11.6 Å². The topological polar surface area (TPSA) is 80.1 Å². The molecule has 0 atom stereocenters. The number of rotatable bonds is 5. The maximum atomic E-state index is 10.7. The molecule has 0 saturated heterocycles. The van der Waals surface area contributed by atoms with E-state index in [0.717, 1.165) is 32.5 Å². The summed E-state index contributed by atoms with van der Waals surface area (Å²) in [6.45, 7) is 4.44. The van der Waals surface area contributed by atoms with Crippen molar-refractivity contribution in [3.8, 4) is 0 Å². The van der Waals surface area contributed by atoms with Gasteiger partial charge in [0.05, 0.1) is 4.92 Å². The van der Waals surface area contributed by atoms with Gasteiger partial charge in [0.15, 0.2) is 0 Å². The minimum absolute atomic E-state index is 0.0617.